The number of aliphatic hydroxyl groups excluding tert-OH is 1. The molecule has 1 aliphatic rings. The molecular formula is C18H24N4O2S. The molecule has 1 aliphatic carbocycles. The Morgan fingerprint density at radius 2 is 1.96 bits per heavy atom. The van der Waals surface area contributed by atoms with Gasteiger partial charge in [0.1, 0.15) is 5.01 Å². The highest BCUT2D eigenvalue weighted by molar-refractivity contribution is 7.13. The van der Waals surface area contributed by atoms with Crippen molar-refractivity contribution in [3.8, 4) is 0 Å². The summed E-state index contributed by atoms with van der Waals surface area (Å²) in [7, 11) is 0. The maximum absolute atomic E-state index is 12.2. The summed E-state index contributed by atoms with van der Waals surface area (Å²) >= 11 is 1.29. The molecular weight excluding hydrogens is 336 g/mol. The molecule has 134 valence electrons. The maximum atomic E-state index is 12.2. The number of aryl methyl sites for hydroxylation is 1. The lowest BCUT2D eigenvalue weighted by Gasteiger charge is -2.28. The van der Waals surface area contributed by atoms with Crippen LogP contribution in [0.5, 0.6) is 0 Å². The van der Waals surface area contributed by atoms with Crippen molar-refractivity contribution < 1.29 is 9.90 Å². The second-order valence-electron chi connectivity index (χ2n) is 6.51. The molecule has 25 heavy (non-hydrogen) atoms. The van der Waals surface area contributed by atoms with Gasteiger partial charge in [0.15, 0.2) is 0 Å². The average molecular weight is 360 g/mol. The molecule has 1 aromatic carbocycles. The van der Waals surface area contributed by atoms with E-state index in [1.54, 1.807) is 0 Å². The first-order valence-electron chi connectivity index (χ1n) is 8.69. The smallest absolute Gasteiger partial charge is 0.282 e. The molecule has 6 nitrogen and oxygen atoms in total. The van der Waals surface area contributed by atoms with E-state index in [9.17, 15) is 9.90 Å². The first-order valence-corrected chi connectivity index (χ1v) is 9.51. The number of nitrogens with zero attached hydrogens (tertiary/aromatic N) is 2. The minimum Gasteiger partial charge on any atom is -0.392 e. The number of aromatic nitrogens is 2. The van der Waals surface area contributed by atoms with E-state index in [2.05, 4.69) is 20.8 Å². The number of amides is 1. The first-order chi connectivity index (χ1) is 12.1. The van der Waals surface area contributed by atoms with Gasteiger partial charge in [-0.15, -0.1) is 10.2 Å². The van der Waals surface area contributed by atoms with Crippen LogP contribution in [-0.2, 0) is 13.1 Å². The minimum absolute atomic E-state index is 0.108. The predicted molar refractivity (Wildman–Crippen MR) is 97.4 cm³/mol. The van der Waals surface area contributed by atoms with Gasteiger partial charge in [-0.2, -0.15) is 0 Å². The number of nitrogens with one attached hydrogen (secondary N) is 2. The van der Waals surface area contributed by atoms with Gasteiger partial charge in [-0.05, 0) is 25.3 Å². The van der Waals surface area contributed by atoms with Crippen LogP contribution < -0.4 is 10.6 Å². The Labute approximate surface area is 151 Å². The fourth-order valence-corrected chi connectivity index (χ4v) is 3.66. The molecule has 7 heteroatoms. The van der Waals surface area contributed by atoms with E-state index >= 15 is 0 Å². The van der Waals surface area contributed by atoms with E-state index in [0.717, 1.165) is 36.3 Å². The highest BCUT2D eigenvalue weighted by atomic mass is 32.1. The lowest BCUT2D eigenvalue weighted by atomic mass is 9.93. The van der Waals surface area contributed by atoms with E-state index in [-0.39, 0.29) is 18.1 Å². The zero-order chi connectivity index (χ0) is 17.6. The van der Waals surface area contributed by atoms with Crippen LogP contribution in [0, 0.1) is 6.92 Å². The number of benzene rings is 1. The van der Waals surface area contributed by atoms with Crippen LogP contribution >= 0.6 is 11.3 Å². The lowest BCUT2D eigenvalue weighted by molar-refractivity contribution is 0.0902. The zero-order valence-corrected chi connectivity index (χ0v) is 15.2. The lowest BCUT2D eigenvalue weighted by Crippen LogP contribution is -2.41. The molecule has 1 heterocycles. The van der Waals surface area contributed by atoms with Crippen LogP contribution in [-0.4, -0.2) is 33.4 Å². The molecule has 0 aliphatic heterocycles. The topological polar surface area (TPSA) is 87.1 Å². The van der Waals surface area contributed by atoms with Gasteiger partial charge in [0, 0.05) is 12.6 Å². The minimum atomic E-state index is -0.293. The summed E-state index contributed by atoms with van der Waals surface area (Å²) in [5.41, 5.74) is 2.25. The van der Waals surface area contributed by atoms with Gasteiger partial charge in [-0.25, -0.2) is 0 Å². The van der Waals surface area contributed by atoms with Crippen LogP contribution in [0.25, 0.3) is 0 Å². The third-order valence-corrected chi connectivity index (χ3v) is 5.40. The van der Waals surface area contributed by atoms with Gasteiger partial charge in [0.05, 0.1) is 12.6 Å². The van der Waals surface area contributed by atoms with Crippen molar-refractivity contribution in [2.45, 2.75) is 57.8 Å². The summed E-state index contributed by atoms with van der Waals surface area (Å²) in [6.45, 7) is 3.04. The second kappa shape index (κ2) is 8.51. The number of hydrogen-bond acceptors (Lipinski definition) is 6. The van der Waals surface area contributed by atoms with Crippen LogP contribution in [0.3, 0.4) is 0 Å². The second-order valence-corrected chi connectivity index (χ2v) is 7.57. The van der Waals surface area contributed by atoms with Crippen molar-refractivity contribution in [1.82, 2.24) is 20.8 Å². The van der Waals surface area contributed by atoms with E-state index in [1.165, 1.54) is 16.9 Å². The summed E-state index contributed by atoms with van der Waals surface area (Å²) in [5, 5.41) is 25.4. The van der Waals surface area contributed by atoms with Crippen molar-refractivity contribution in [3.63, 3.8) is 0 Å². The SMILES string of the molecule is Cc1ccc(CNC(=O)c2nnc(CN[C@@H]3CCCC[C@H]3O)s2)cc1. The van der Waals surface area contributed by atoms with Crippen LogP contribution in [0.2, 0.25) is 0 Å². The summed E-state index contributed by atoms with van der Waals surface area (Å²) in [6.07, 6.45) is 3.75. The van der Waals surface area contributed by atoms with Crippen molar-refractivity contribution in [2.24, 2.45) is 0 Å². The summed E-state index contributed by atoms with van der Waals surface area (Å²) in [6, 6.07) is 8.16. The molecule has 1 aromatic heterocycles. The molecule has 1 fully saturated rings. The Kier molecular flexibility index (Phi) is 6.12. The quantitative estimate of drug-likeness (QED) is 0.735. The molecule has 3 N–H and O–H groups in total. The number of carbonyl (C=O) groups excluding carboxylic acids is 1. The Bertz CT molecular complexity index is 701. The molecule has 0 saturated heterocycles. The first kappa shape index (κ1) is 18.0. The van der Waals surface area contributed by atoms with Crippen LogP contribution in [0.1, 0.15) is 51.6 Å². The van der Waals surface area contributed by atoms with E-state index < -0.39 is 0 Å². The third-order valence-electron chi connectivity index (χ3n) is 4.48. The Morgan fingerprint density at radius 3 is 2.72 bits per heavy atom. The average Bonchev–Trinajstić information content (AvgIpc) is 3.09. The van der Waals surface area contributed by atoms with Gasteiger partial charge < -0.3 is 15.7 Å². The fourth-order valence-electron chi connectivity index (χ4n) is 2.95. The Balaban J connectivity index is 1.48. The van der Waals surface area contributed by atoms with Crippen molar-refractivity contribution in [1.29, 1.82) is 0 Å². The van der Waals surface area contributed by atoms with Crippen molar-refractivity contribution >= 4 is 17.2 Å². The van der Waals surface area contributed by atoms with Gasteiger partial charge in [-0.3, -0.25) is 4.79 Å². The molecule has 1 saturated carbocycles. The van der Waals surface area contributed by atoms with Crippen LogP contribution in [0.15, 0.2) is 24.3 Å². The highest BCUT2D eigenvalue weighted by Crippen LogP contribution is 2.19. The van der Waals surface area contributed by atoms with E-state index in [1.807, 2.05) is 31.2 Å². The Hall–Kier alpha value is -1.83. The normalized spacial score (nSPS) is 20.4. The standard InChI is InChI=1S/C18H24N4O2S/c1-12-6-8-13(9-7-12)10-20-17(24)18-22-21-16(25-18)11-19-14-4-2-3-5-15(14)23/h6-9,14-15,19,23H,2-5,10-11H2,1H3,(H,20,24)/t14-,15-/m1/s1. The number of rotatable bonds is 6. The van der Waals surface area contributed by atoms with E-state index in [4.69, 9.17) is 0 Å². The zero-order valence-electron chi connectivity index (χ0n) is 14.4. The summed E-state index contributed by atoms with van der Waals surface area (Å²) in [4.78, 5) is 12.2. The maximum Gasteiger partial charge on any atom is 0.282 e. The van der Waals surface area contributed by atoms with Crippen molar-refractivity contribution in [3.05, 3.63) is 45.4 Å². The van der Waals surface area contributed by atoms with Gasteiger partial charge in [0.25, 0.3) is 5.91 Å². The molecule has 0 spiro atoms. The molecule has 0 unspecified atom stereocenters. The fraction of sp³-hybridized carbons (Fsp3) is 0.500. The molecule has 2 atom stereocenters. The van der Waals surface area contributed by atoms with Crippen molar-refractivity contribution in [2.75, 3.05) is 0 Å². The third kappa shape index (κ3) is 5.07. The molecule has 3 rings (SSSR count). The predicted octanol–water partition coefficient (Wildman–Crippen LogP) is 2.17. The summed E-state index contributed by atoms with van der Waals surface area (Å²) < 4.78 is 0. The van der Waals surface area contributed by atoms with E-state index in [0.29, 0.717) is 18.1 Å². The monoisotopic (exact) mass is 360 g/mol. The molecule has 2 aromatic rings. The number of aliphatic hydroxyl groups is 1. The largest absolute Gasteiger partial charge is 0.392 e. The summed E-state index contributed by atoms with van der Waals surface area (Å²) in [5.74, 6) is -0.206. The molecule has 0 radical (unpaired) electrons. The number of carbonyl (C=O) groups is 1. The van der Waals surface area contributed by atoms with Crippen LogP contribution in [0.4, 0.5) is 0 Å². The Morgan fingerprint density at radius 1 is 1.20 bits per heavy atom. The highest BCUT2D eigenvalue weighted by Gasteiger charge is 2.23. The molecule has 0 bridgehead atoms. The number of hydrogen-bond donors (Lipinski definition) is 3. The van der Waals surface area contributed by atoms with Gasteiger partial charge >= 0.3 is 0 Å². The van der Waals surface area contributed by atoms with Gasteiger partial charge in [-0.1, -0.05) is 54.0 Å². The molecule has 1 amide bonds. The van der Waals surface area contributed by atoms with Gasteiger partial charge in [0.2, 0.25) is 5.01 Å².